The number of hydrogen-bond donors (Lipinski definition) is 0. The fourth-order valence-electron chi connectivity index (χ4n) is 2.93. The van der Waals surface area contributed by atoms with Crippen LogP contribution in [0.3, 0.4) is 0 Å². The SMILES string of the molecule is O=C(c1cnc(-c2cccs2)s1)N1CCN(S(=O)(=O)c2ccc(Cl)cc2)CC1. The Balaban J connectivity index is 1.42. The van der Waals surface area contributed by atoms with E-state index < -0.39 is 10.0 Å². The van der Waals surface area contributed by atoms with Crippen molar-refractivity contribution >= 4 is 50.2 Å². The minimum Gasteiger partial charge on any atom is -0.335 e. The first-order valence-corrected chi connectivity index (χ1v) is 12.0. The molecular weight excluding hydrogens is 438 g/mol. The Morgan fingerprint density at radius 3 is 2.43 bits per heavy atom. The molecule has 0 spiro atoms. The van der Waals surface area contributed by atoms with Crippen molar-refractivity contribution in [1.82, 2.24) is 14.2 Å². The highest BCUT2D eigenvalue weighted by Gasteiger charge is 2.31. The fourth-order valence-corrected chi connectivity index (χ4v) is 6.17. The van der Waals surface area contributed by atoms with E-state index in [-0.39, 0.29) is 23.9 Å². The minimum absolute atomic E-state index is 0.108. The van der Waals surface area contributed by atoms with Gasteiger partial charge in [0.2, 0.25) is 10.0 Å². The third-order valence-corrected chi connectivity index (χ3v) is 8.61. The molecule has 1 aliphatic rings. The van der Waals surface area contributed by atoms with Gasteiger partial charge < -0.3 is 4.90 Å². The number of benzene rings is 1. The number of thiazole rings is 1. The number of rotatable bonds is 4. The monoisotopic (exact) mass is 453 g/mol. The number of halogens is 1. The van der Waals surface area contributed by atoms with Gasteiger partial charge in [0.1, 0.15) is 9.88 Å². The van der Waals surface area contributed by atoms with Crippen molar-refractivity contribution < 1.29 is 13.2 Å². The van der Waals surface area contributed by atoms with Crippen LogP contribution in [0.4, 0.5) is 0 Å². The van der Waals surface area contributed by atoms with Gasteiger partial charge in [-0.15, -0.1) is 22.7 Å². The maximum absolute atomic E-state index is 12.8. The standard InChI is InChI=1S/C18H16ClN3O3S3/c19-13-3-5-14(6-4-13)28(24,25)22-9-7-21(8-10-22)18(23)16-12-20-17(27-16)15-2-1-11-26-15/h1-6,11-12H,7-10H2. The Morgan fingerprint density at radius 2 is 1.79 bits per heavy atom. The molecule has 0 bridgehead atoms. The molecule has 0 aliphatic carbocycles. The van der Waals surface area contributed by atoms with Crippen molar-refractivity contribution in [1.29, 1.82) is 0 Å². The van der Waals surface area contributed by atoms with Crippen molar-refractivity contribution in [2.75, 3.05) is 26.2 Å². The van der Waals surface area contributed by atoms with Crippen LogP contribution in [0, 0.1) is 0 Å². The molecular formula is C18H16ClN3O3S3. The number of carbonyl (C=O) groups is 1. The zero-order valence-corrected chi connectivity index (χ0v) is 17.8. The van der Waals surface area contributed by atoms with Gasteiger partial charge in [0.25, 0.3) is 5.91 Å². The Bertz CT molecular complexity index is 1070. The number of sulfonamides is 1. The van der Waals surface area contributed by atoms with Crippen LogP contribution < -0.4 is 0 Å². The van der Waals surface area contributed by atoms with Crippen LogP contribution in [0.25, 0.3) is 9.88 Å². The predicted octanol–water partition coefficient (Wildman–Crippen LogP) is 3.67. The zero-order valence-electron chi connectivity index (χ0n) is 14.6. The Labute approximate surface area is 176 Å². The summed E-state index contributed by atoms with van der Waals surface area (Å²) in [5.74, 6) is -0.108. The Hall–Kier alpha value is -1.78. The first-order chi connectivity index (χ1) is 13.4. The molecule has 1 aliphatic heterocycles. The lowest BCUT2D eigenvalue weighted by molar-refractivity contribution is 0.0702. The number of piperazine rings is 1. The molecule has 1 fully saturated rings. The summed E-state index contributed by atoms with van der Waals surface area (Å²) in [5.41, 5.74) is 0. The molecule has 1 aromatic carbocycles. The molecule has 6 nitrogen and oxygen atoms in total. The molecule has 1 amide bonds. The third kappa shape index (κ3) is 3.85. The van der Waals surface area contributed by atoms with Gasteiger partial charge in [-0.05, 0) is 35.7 Å². The van der Waals surface area contributed by atoms with Gasteiger partial charge in [0.15, 0.2) is 0 Å². The second-order valence-corrected chi connectivity index (χ2v) is 10.5. The number of thiophene rings is 1. The largest absolute Gasteiger partial charge is 0.335 e. The van der Waals surface area contributed by atoms with Gasteiger partial charge in [-0.3, -0.25) is 4.79 Å². The van der Waals surface area contributed by atoms with Crippen molar-refractivity contribution in [3.05, 3.63) is 57.9 Å². The van der Waals surface area contributed by atoms with Crippen molar-refractivity contribution in [3.8, 4) is 9.88 Å². The highest BCUT2D eigenvalue weighted by atomic mass is 35.5. The van der Waals surface area contributed by atoms with E-state index in [2.05, 4.69) is 4.98 Å². The number of amides is 1. The number of nitrogens with zero attached hydrogens (tertiary/aromatic N) is 3. The second-order valence-electron chi connectivity index (χ2n) is 6.16. The van der Waals surface area contributed by atoms with Crippen LogP contribution in [-0.2, 0) is 10.0 Å². The van der Waals surface area contributed by atoms with Crippen molar-refractivity contribution in [2.45, 2.75) is 4.90 Å². The van der Waals surface area contributed by atoms with E-state index in [1.165, 1.54) is 27.8 Å². The molecule has 0 radical (unpaired) electrons. The predicted molar refractivity (Wildman–Crippen MR) is 112 cm³/mol. The maximum Gasteiger partial charge on any atom is 0.265 e. The summed E-state index contributed by atoms with van der Waals surface area (Å²) in [6.07, 6.45) is 1.60. The molecule has 3 heterocycles. The summed E-state index contributed by atoms with van der Waals surface area (Å²) in [6, 6.07) is 10.0. The van der Waals surface area contributed by atoms with Gasteiger partial charge >= 0.3 is 0 Å². The molecule has 4 rings (SSSR count). The molecule has 146 valence electrons. The summed E-state index contributed by atoms with van der Waals surface area (Å²) >= 11 is 8.78. The first kappa shape index (κ1) is 19.5. The van der Waals surface area contributed by atoms with Gasteiger partial charge in [-0.2, -0.15) is 4.31 Å². The molecule has 0 atom stereocenters. The zero-order chi connectivity index (χ0) is 19.7. The van der Waals surface area contributed by atoms with Gasteiger partial charge in [0.05, 0.1) is 16.0 Å². The molecule has 0 unspecified atom stereocenters. The minimum atomic E-state index is -3.59. The average Bonchev–Trinajstić information content (AvgIpc) is 3.39. The van der Waals surface area contributed by atoms with Crippen LogP contribution in [0.1, 0.15) is 9.67 Å². The lowest BCUT2D eigenvalue weighted by Gasteiger charge is -2.33. The highest BCUT2D eigenvalue weighted by Crippen LogP contribution is 2.29. The summed E-state index contributed by atoms with van der Waals surface area (Å²) < 4.78 is 26.9. The molecule has 1 saturated heterocycles. The van der Waals surface area contributed by atoms with Crippen molar-refractivity contribution in [3.63, 3.8) is 0 Å². The lowest BCUT2D eigenvalue weighted by atomic mass is 10.3. The molecule has 10 heteroatoms. The van der Waals surface area contributed by atoms with E-state index in [0.717, 1.165) is 9.88 Å². The summed E-state index contributed by atoms with van der Waals surface area (Å²) in [4.78, 5) is 20.6. The van der Waals surface area contributed by atoms with Crippen LogP contribution in [0.2, 0.25) is 5.02 Å². The smallest absolute Gasteiger partial charge is 0.265 e. The van der Waals surface area contributed by atoms with E-state index in [1.807, 2.05) is 17.5 Å². The van der Waals surface area contributed by atoms with E-state index in [9.17, 15) is 13.2 Å². The normalized spacial score (nSPS) is 15.7. The van der Waals surface area contributed by atoms with Crippen LogP contribution in [0.15, 0.2) is 52.9 Å². The Kier molecular flexibility index (Phi) is 5.52. The third-order valence-electron chi connectivity index (χ3n) is 4.43. The molecule has 3 aromatic rings. The van der Waals surface area contributed by atoms with Crippen LogP contribution >= 0.6 is 34.3 Å². The van der Waals surface area contributed by atoms with Crippen LogP contribution in [0.5, 0.6) is 0 Å². The average molecular weight is 454 g/mol. The molecule has 2 aromatic heterocycles. The number of hydrogen-bond acceptors (Lipinski definition) is 6. The topological polar surface area (TPSA) is 70.6 Å². The molecule has 28 heavy (non-hydrogen) atoms. The highest BCUT2D eigenvalue weighted by molar-refractivity contribution is 7.89. The van der Waals surface area contributed by atoms with E-state index in [1.54, 1.807) is 34.6 Å². The second kappa shape index (κ2) is 7.92. The molecule has 0 saturated carbocycles. The first-order valence-electron chi connectivity index (χ1n) is 8.50. The van der Waals surface area contributed by atoms with Crippen molar-refractivity contribution in [2.24, 2.45) is 0 Å². The quantitative estimate of drug-likeness (QED) is 0.604. The summed E-state index contributed by atoms with van der Waals surface area (Å²) in [7, 11) is -3.59. The molecule has 0 N–H and O–H groups in total. The van der Waals surface area contributed by atoms with E-state index in [0.29, 0.717) is 23.0 Å². The summed E-state index contributed by atoms with van der Waals surface area (Å²) in [6.45, 7) is 1.20. The van der Waals surface area contributed by atoms with E-state index in [4.69, 9.17) is 11.6 Å². The van der Waals surface area contributed by atoms with Gasteiger partial charge in [-0.25, -0.2) is 13.4 Å². The number of aromatic nitrogens is 1. The van der Waals surface area contributed by atoms with Gasteiger partial charge in [-0.1, -0.05) is 17.7 Å². The van der Waals surface area contributed by atoms with Gasteiger partial charge in [0, 0.05) is 31.2 Å². The van der Waals surface area contributed by atoms with E-state index >= 15 is 0 Å². The van der Waals surface area contributed by atoms with Crippen LogP contribution in [-0.4, -0.2) is 54.7 Å². The lowest BCUT2D eigenvalue weighted by Crippen LogP contribution is -2.50. The Morgan fingerprint density at radius 1 is 1.07 bits per heavy atom. The number of carbonyl (C=O) groups excluding carboxylic acids is 1. The maximum atomic E-state index is 12.8. The summed E-state index contributed by atoms with van der Waals surface area (Å²) in [5, 5.41) is 3.28. The fraction of sp³-hybridized carbons (Fsp3) is 0.222.